The first-order valence-corrected chi connectivity index (χ1v) is 8.69. The second-order valence-electron chi connectivity index (χ2n) is 4.44. The zero-order valence-corrected chi connectivity index (χ0v) is 11.8. The second-order valence-corrected chi connectivity index (χ2v) is 7.82. The van der Waals surface area contributed by atoms with E-state index >= 15 is 0 Å². The Kier molecular flexibility index (Phi) is 4.36. The summed E-state index contributed by atoms with van der Waals surface area (Å²) >= 11 is 1.18. The summed E-state index contributed by atoms with van der Waals surface area (Å²) in [5.41, 5.74) is 0.852. The molecule has 1 aromatic carbocycles. The van der Waals surface area contributed by atoms with Crippen molar-refractivity contribution in [2.24, 2.45) is 0 Å². The summed E-state index contributed by atoms with van der Waals surface area (Å²) in [6.45, 7) is 0. The van der Waals surface area contributed by atoms with Gasteiger partial charge in [-0.05, 0) is 12.1 Å². The van der Waals surface area contributed by atoms with Gasteiger partial charge >= 0.3 is 5.97 Å². The van der Waals surface area contributed by atoms with Crippen molar-refractivity contribution in [1.82, 2.24) is 0 Å². The van der Waals surface area contributed by atoms with E-state index in [1.54, 1.807) is 0 Å². The molecule has 0 aliphatic carbocycles. The van der Waals surface area contributed by atoms with Crippen molar-refractivity contribution in [3.05, 3.63) is 30.3 Å². The van der Waals surface area contributed by atoms with Gasteiger partial charge in [-0.3, -0.25) is 4.79 Å². The quantitative estimate of drug-likeness (QED) is 0.847. The van der Waals surface area contributed by atoms with Crippen LogP contribution in [0.1, 0.15) is 0 Å². The van der Waals surface area contributed by atoms with E-state index in [0.717, 1.165) is 5.69 Å². The summed E-state index contributed by atoms with van der Waals surface area (Å²) in [5.74, 6) is -0.908. The van der Waals surface area contributed by atoms with Crippen LogP contribution in [0.2, 0.25) is 0 Å². The van der Waals surface area contributed by atoms with Crippen molar-refractivity contribution in [1.29, 1.82) is 0 Å². The standard InChI is InChI=1S/C12H15NO4S2/c14-12(15)6-18-11-8-19(16,17)7-10(11)13-9-4-2-1-3-5-9/h1-5,10-11,13H,6-8H2,(H,14,15). The van der Waals surface area contributed by atoms with Crippen LogP contribution >= 0.6 is 11.8 Å². The van der Waals surface area contributed by atoms with Crippen LogP contribution in [0.15, 0.2) is 30.3 Å². The highest BCUT2D eigenvalue weighted by atomic mass is 32.2. The number of sulfone groups is 1. The van der Waals surface area contributed by atoms with Crippen LogP contribution in [0.4, 0.5) is 5.69 Å². The zero-order chi connectivity index (χ0) is 13.9. The molecule has 0 bridgehead atoms. The van der Waals surface area contributed by atoms with Crippen molar-refractivity contribution >= 4 is 33.3 Å². The van der Waals surface area contributed by atoms with Gasteiger partial charge in [0.1, 0.15) is 0 Å². The van der Waals surface area contributed by atoms with Gasteiger partial charge in [0.2, 0.25) is 0 Å². The third kappa shape index (κ3) is 4.14. The van der Waals surface area contributed by atoms with Gasteiger partial charge in [0.05, 0.1) is 23.3 Å². The number of hydrogen-bond donors (Lipinski definition) is 2. The molecule has 0 amide bonds. The maximum Gasteiger partial charge on any atom is 0.313 e. The van der Waals surface area contributed by atoms with E-state index in [4.69, 9.17) is 5.11 Å². The molecule has 7 heteroatoms. The second kappa shape index (κ2) is 5.83. The molecular formula is C12H15NO4S2. The zero-order valence-electron chi connectivity index (χ0n) is 10.2. The minimum Gasteiger partial charge on any atom is -0.481 e. The van der Waals surface area contributed by atoms with Crippen LogP contribution in [0.5, 0.6) is 0 Å². The summed E-state index contributed by atoms with van der Waals surface area (Å²) in [7, 11) is -3.09. The Hall–Kier alpha value is -1.21. The number of hydrogen-bond acceptors (Lipinski definition) is 5. The molecule has 2 atom stereocenters. The van der Waals surface area contributed by atoms with Crippen LogP contribution in [-0.4, -0.2) is 48.0 Å². The largest absolute Gasteiger partial charge is 0.481 e. The van der Waals surface area contributed by atoms with E-state index in [1.807, 2.05) is 30.3 Å². The number of aliphatic carboxylic acids is 1. The molecule has 1 aliphatic rings. The van der Waals surface area contributed by atoms with Crippen molar-refractivity contribution < 1.29 is 18.3 Å². The van der Waals surface area contributed by atoms with Crippen molar-refractivity contribution in [3.63, 3.8) is 0 Å². The average molecular weight is 301 g/mol. The van der Waals surface area contributed by atoms with Crippen LogP contribution in [-0.2, 0) is 14.6 Å². The number of carbonyl (C=O) groups is 1. The Morgan fingerprint density at radius 2 is 2.00 bits per heavy atom. The molecule has 0 radical (unpaired) electrons. The Morgan fingerprint density at radius 1 is 1.32 bits per heavy atom. The number of rotatable bonds is 5. The number of benzene rings is 1. The van der Waals surface area contributed by atoms with E-state index in [2.05, 4.69) is 5.32 Å². The first-order chi connectivity index (χ1) is 8.96. The molecule has 1 aromatic rings. The van der Waals surface area contributed by atoms with Crippen molar-refractivity contribution in [2.45, 2.75) is 11.3 Å². The maximum atomic E-state index is 11.7. The molecule has 0 spiro atoms. The van der Waals surface area contributed by atoms with Gasteiger partial charge in [-0.25, -0.2) is 8.42 Å². The van der Waals surface area contributed by atoms with E-state index < -0.39 is 15.8 Å². The summed E-state index contributed by atoms with van der Waals surface area (Å²) in [6, 6.07) is 9.11. The predicted molar refractivity (Wildman–Crippen MR) is 76.4 cm³/mol. The molecule has 0 aromatic heterocycles. The average Bonchev–Trinajstić information content (AvgIpc) is 2.62. The van der Waals surface area contributed by atoms with E-state index in [-0.39, 0.29) is 28.6 Å². The predicted octanol–water partition coefficient (Wildman–Crippen LogP) is 1.08. The molecular weight excluding hydrogens is 286 g/mol. The summed E-state index contributed by atoms with van der Waals surface area (Å²) in [6.07, 6.45) is 0. The molecule has 2 rings (SSSR count). The minimum atomic E-state index is -3.09. The number of anilines is 1. The molecule has 1 saturated heterocycles. The number of thioether (sulfide) groups is 1. The molecule has 1 heterocycles. The molecule has 5 nitrogen and oxygen atoms in total. The van der Waals surface area contributed by atoms with Gasteiger partial charge in [-0.15, -0.1) is 11.8 Å². The number of carboxylic acid groups (broad SMARTS) is 1. The fourth-order valence-electron chi connectivity index (χ4n) is 2.04. The Labute approximate surface area is 116 Å². The van der Waals surface area contributed by atoms with E-state index in [9.17, 15) is 13.2 Å². The minimum absolute atomic E-state index is 0.0371. The summed E-state index contributed by atoms with van der Waals surface area (Å²) < 4.78 is 23.4. The SMILES string of the molecule is O=C(O)CSC1CS(=O)(=O)CC1Nc1ccccc1. The fraction of sp³-hybridized carbons (Fsp3) is 0.417. The van der Waals surface area contributed by atoms with Crippen LogP contribution in [0.3, 0.4) is 0 Å². The van der Waals surface area contributed by atoms with Gasteiger partial charge < -0.3 is 10.4 Å². The van der Waals surface area contributed by atoms with Crippen LogP contribution in [0, 0.1) is 0 Å². The topological polar surface area (TPSA) is 83.5 Å². The molecule has 19 heavy (non-hydrogen) atoms. The number of carboxylic acids is 1. The lowest BCUT2D eigenvalue weighted by molar-refractivity contribution is -0.133. The lowest BCUT2D eigenvalue weighted by atomic mass is 10.2. The van der Waals surface area contributed by atoms with Gasteiger partial charge in [-0.1, -0.05) is 18.2 Å². The third-order valence-corrected chi connectivity index (χ3v) is 6.13. The molecule has 2 unspecified atom stereocenters. The third-order valence-electron chi connectivity index (χ3n) is 2.85. The van der Waals surface area contributed by atoms with Gasteiger partial charge in [0.15, 0.2) is 9.84 Å². The molecule has 0 saturated carbocycles. The number of nitrogens with one attached hydrogen (secondary N) is 1. The summed E-state index contributed by atoms with van der Waals surface area (Å²) in [4.78, 5) is 10.6. The molecule has 1 aliphatic heterocycles. The molecule has 2 N–H and O–H groups in total. The van der Waals surface area contributed by atoms with Crippen LogP contribution < -0.4 is 5.32 Å². The highest BCUT2D eigenvalue weighted by molar-refractivity contribution is 8.02. The smallest absolute Gasteiger partial charge is 0.313 e. The van der Waals surface area contributed by atoms with Crippen molar-refractivity contribution in [2.75, 3.05) is 22.6 Å². The lowest BCUT2D eigenvalue weighted by Crippen LogP contribution is -2.30. The van der Waals surface area contributed by atoms with Gasteiger partial charge in [0.25, 0.3) is 0 Å². The van der Waals surface area contributed by atoms with Gasteiger partial charge in [0, 0.05) is 10.9 Å². The highest BCUT2D eigenvalue weighted by Gasteiger charge is 2.38. The first-order valence-electron chi connectivity index (χ1n) is 5.82. The number of para-hydroxylation sites is 1. The normalized spacial score (nSPS) is 25.1. The lowest BCUT2D eigenvalue weighted by Gasteiger charge is -2.19. The fourth-order valence-corrected chi connectivity index (χ4v) is 5.65. The monoisotopic (exact) mass is 301 g/mol. The Morgan fingerprint density at radius 3 is 2.63 bits per heavy atom. The Balaban J connectivity index is 2.05. The highest BCUT2D eigenvalue weighted by Crippen LogP contribution is 2.27. The summed E-state index contributed by atoms with van der Waals surface area (Å²) in [5, 5.41) is 11.6. The van der Waals surface area contributed by atoms with Crippen LogP contribution in [0.25, 0.3) is 0 Å². The molecule has 1 fully saturated rings. The first kappa shape index (κ1) is 14.2. The van der Waals surface area contributed by atoms with Crippen molar-refractivity contribution in [3.8, 4) is 0 Å². The van der Waals surface area contributed by atoms with E-state index in [1.165, 1.54) is 11.8 Å². The van der Waals surface area contributed by atoms with Gasteiger partial charge in [-0.2, -0.15) is 0 Å². The molecule has 104 valence electrons. The maximum absolute atomic E-state index is 11.7. The van der Waals surface area contributed by atoms with E-state index in [0.29, 0.717) is 0 Å². The Bertz CT molecular complexity index is 544.